The molecule has 0 spiro atoms. The van der Waals surface area contributed by atoms with Gasteiger partial charge in [-0.25, -0.2) is 0 Å². The van der Waals surface area contributed by atoms with Gasteiger partial charge >= 0.3 is 0 Å². The first-order valence-electron chi connectivity index (χ1n) is 7.35. The van der Waals surface area contributed by atoms with Crippen LogP contribution in [0.25, 0.3) is 0 Å². The topological polar surface area (TPSA) is 41.9 Å². The summed E-state index contributed by atoms with van der Waals surface area (Å²) in [6.07, 6.45) is 2.21. The molecule has 0 aliphatic carbocycles. The molecule has 0 amide bonds. The zero-order valence-electron chi connectivity index (χ0n) is 12.3. The summed E-state index contributed by atoms with van der Waals surface area (Å²) in [6.45, 7) is 4.68. The summed E-state index contributed by atoms with van der Waals surface area (Å²) < 4.78 is 10.5. The van der Waals surface area contributed by atoms with E-state index in [1.165, 1.54) is 5.56 Å². The van der Waals surface area contributed by atoms with Crippen LogP contribution in [0.15, 0.2) is 24.3 Å². The van der Waals surface area contributed by atoms with Crippen LogP contribution in [0.3, 0.4) is 0 Å². The lowest BCUT2D eigenvalue weighted by atomic mass is 9.97. The molecular formula is C16H25NO3. The van der Waals surface area contributed by atoms with Gasteiger partial charge in [0, 0.05) is 20.3 Å². The molecule has 2 rings (SSSR count). The number of piperidine rings is 1. The highest BCUT2D eigenvalue weighted by atomic mass is 16.5. The Labute approximate surface area is 121 Å². The van der Waals surface area contributed by atoms with Crippen molar-refractivity contribution in [2.75, 3.05) is 40.0 Å². The number of aliphatic hydroxyl groups excluding tert-OH is 1. The molecule has 1 aliphatic heterocycles. The van der Waals surface area contributed by atoms with Gasteiger partial charge in [-0.3, -0.25) is 4.90 Å². The van der Waals surface area contributed by atoms with Crippen molar-refractivity contribution in [2.24, 2.45) is 5.92 Å². The molecule has 4 nitrogen and oxygen atoms in total. The summed E-state index contributed by atoms with van der Waals surface area (Å²) >= 11 is 0. The number of methoxy groups -OCH3 is 1. The summed E-state index contributed by atoms with van der Waals surface area (Å²) in [7, 11) is 1.67. The monoisotopic (exact) mass is 279 g/mol. The van der Waals surface area contributed by atoms with Crippen LogP contribution in [-0.4, -0.2) is 50.0 Å². The fraction of sp³-hybridized carbons (Fsp3) is 0.625. The number of ether oxygens (including phenoxy) is 2. The molecule has 0 unspecified atom stereocenters. The second-order valence-corrected chi connectivity index (χ2v) is 5.39. The molecule has 4 heteroatoms. The van der Waals surface area contributed by atoms with Gasteiger partial charge in [0.1, 0.15) is 12.4 Å². The third-order valence-corrected chi connectivity index (χ3v) is 3.85. The molecule has 0 radical (unpaired) electrons. The Morgan fingerprint density at radius 3 is 2.45 bits per heavy atom. The lowest BCUT2D eigenvalue weighted by Gasteiger charge is -2.31. The Hall–Kier alpha value is -1.10. The SMILES string of the molecule is COCCOc1ccc(CN2CCC(CO)CC2)cc1. The number of aliphatic hydroxyl groups is 1. The molecule has 1 fully saturated rings. The van der Waals surface area contributed by atoms with Gasteiger partial charge in [-0.1, -0.05) is 12.1 Å². The van der Waals surface area contributed by atoms with Gasteiger partial charge in [-0.05, 0) is 49.5 Å². The van der Waals surface area contributed by atoms with Crippen LogP contribution in [0.2, 0.25) is 0 Å². The van der Waals surface area contributed by atoms with Gasteiger partial charge in [-0.2, -0.15) is 0 Å². The molecule has 1 aromatic carbocycles. The van der Waals surface area contributed by atoms with Crippen molar-refractivity contribution in [3.05, 3.63) is 29.8 Å². The van der Waals surface area contributed by atoms with Crippen LogP contribution < -0.4 is 4.74 Å². The maximum Gasteiger partial charge on any atom is 0.119 e. The molecule has 1 N–H and O–H groups in total. The number of rotatable bonds is 7. The minimum atomic E-state index is 0.335. The van der Waals surface area contributed by atoms with Crippen molar-refractivity contribution in [3.63, 3.8) is 0 Å². The molecule has 20 heavy (non-hydrogen) atoms. The predicted molar refractivity (Wildman–Crippen MR) is 78.9 cm³/mol. The van der Waals surface area contributed by atoms with E-state index in [1.54, 1.807) is 7.11 Å². The van der Waals surface area contributed by atoms with E-state index in [4.69, 9.17) is 14.6 Å². The van der Waals surface area contributed by atoms with Gasteiger partial charge in [0.05, 0.1) is 6.61 Å². The van der Waals surface area contributed by atoms with Gasteiger partial charge < -0.3 is 14.6 Å². The third-order valence-electron chi connectivity index (χ3n) is 3.85. The van der Waals surface area contributed by atoms with E-state index in [9.17, 15) is 0 Å². The van der Waals surface area contributed by atoms with Crippen LogP contribution in [0.4, 0.5) is 0 Å². The first-order chi connectivity index (χ1) is 9.81. The number of benzene rings is 1. The van der Waals surface area contributed by atoms with Gasteiger partial charge in [0.15, 0.2) is 0 Å². The molecule has 1 aliphatic rings. The van der Waals surface area contributed by atoms with Crippen molar-refractivity contribution in [3.8, 4) is 5.75 Å². The second-order valence-electron chi connectivity index (χ2n) is 5.39. The van der Waals surface area contributed by atoms with E-state index >= 15 is 0 Å². The van der Waals surface area contributed by atoms with Crippen molar-refractivity contribution >= 4 is 0 Å². The fourth-order valence-electron chi connectivity index (χ4n) is 2.52. The largest absolute Gasteiger partial charge is 0.491 e. The summed E-state index contributed by atoms with van der Waals surface area (Å²) in [5.74, 6) is 1.40. The smallest absolute Gasteiger partial charge is 0.119 e. The normalized spacial score (nSPS) is 17.3. The Morgan fingerprint density at radius 2 is 1.85 bits per heavy atom. The minimum Gasteiger partial charge on any atom is -0.491 e. The highest BCUT2D eigenvalue weighted by molar-refractivity contribution is 5.27. The fourth-order valence-corrected chi connectivity index (χ4v) is 2.52. The van der Waals surface area contributed by atoms with E-state index in [0.29, 0.717) is 25.7 Å². The molecule has 0 atom stereocenters. The standard InChI is InChI=1S/C16H25NO3/c1-19-10-11-20-16-4-2-14(3-5-16)12-17-8-6-15(13-18)7-9-17/h2-5,15,18H,6-13H2,1H3. The van der Waals surface area contributed by atoms with Crippen molar-refractivity contribution in [1.82, 2.24) is 4.90 Å². The van der Waals surface area contributed by atoms with Gasteiger partial charge in [0.25, 0.3) is 0 Å². The van der Waals surface area contributed by atoms with E-state index < -0.39 is 0 Å². The quantitative estimate of drug-likeness (QED) is 0.774. The van der Waals surface area contributed by atoms with Crippen molar-refractivity contribution < 1.29 is 14.6 Å². The van der Waals surface area contributed by atoms with Crippen LogP contribution in [0.5, 0.6) is 5.75 Å². The first kappa shape index (κ1) is 15.3. The zero-order chi connectivity index (χ0) is 14.2. The minimum absolute atomic E-state index is 0.335. The van der Waals surface area contributed by atoms with E-state index in [-0.39, 0.29) is 0 Å². The number of hydrogen-bond donors (Lipinski definition) is 1. The number of likely N-dealkylation sites (tertiary alicyclic amines) is 1. The van der Waals surface area contributed by atoms with Crippen molar-refractivity contribution in [1.29, 1.82) is 0 Å². The molecule has 0 saturated carbocycles. The maximum atomic E-state index is 9.14. The first-order valence-corrected chi connectivity index (χ1v) is 7.35. The summed E-state index contributed by atoms with van der Waals surface area (Å²) in [4.78, 5) is 2.45. The van der Waals surface area contributed by atoms with E-state index in [2.05, 4.69) is 17.0 Å². The Balaban J connectivity index is 1.76. The Morgan fingerprint density at radius 1 is 1.15 bits per heavy atom. The molecule has 0 bridgehead atoms. The van der Waals surface area contributed by atoms with E-state index in [1.807, 2.05) is 12.1 Å². The molecule has 1 aromatic rings. The Kier molecular flexibility index (Phi) is 6.30. The summed E-state index contributed by atoms with van der Waals surface area (Å²) in [5.41, 5.74) is 1.31. The van der Waals surface area contributed by atoms with Crippen molar-refractivity contribution in [2.45, 2.75) is 19.4 Å². The summed E-state index contributed by atoms with van der Waals surface area (Å²) in [5, 5.41) is 9.14. The van der Waals surface area contributed by atoms with E-state index in [0.717, 1.165) is 38.2 Å². The average Bonchev–Trinajstić information content (AvgIpc) is 2.50. The number of hydrogen-bond acceptors (Lipinski definition) is 4. The zero-order valence-corrected chi connectivity index (χ0v) is 12.3. The highest BCUT2D eigenvalue weighted by Crippen LogP contribution is 2.19. The van der Waals surface area contributed by atoms with Crippen LogP contribution >= 0.6 is 0 Å². The Bertz CT molecular complexity index is 372. The highest BCUT2D eigenvalue weighted by Gasteiger charge is 2.18. The summed E-state index contributed by atoms with van der Waals surface area (Å²) in [6, 6.07) is 8.29. The lowest BCUT2D eigenvalue weighted by Crippen LogP contribution is -2.34. The molecular weight excluding hydrogens is 254 g/mol. The molecule has 112 valence electrons. The lowest BCUT2D eigenvalue weighted by molar-refractivity contribution is 0.127. The van der Waals surface area contributed by atoms with Crippen LogP contribution in [0.1, 0.15) is 18.4 Å². The second kappa shape index (κ2) is 8.25. The molecule has 1 saturated heterocycles. The van der Waals surface area contributed by atoms with Gasteiger partial charge in [-0.15, -0.1) is 0 Å². The van der Waals surface area contributed by atoms with Crippen LogP contribution in [0, 0.1) is 5.92 Å². The predicted octanol–water partition coefficient (Wildman–Crippen LogP) is 1.92. The van der Waals surface area contributed by atoms with Crippen LogP contribution in [-0.2, 0) is 11.3 Å². The average molecular weight is 279 g/mol. The van der Waals surface area contributed by atoms with Gasteiger partial charge in [0.2, 0.25) is 0 Å². The molecule has 0 aromatic heterocycles. The maximum absolute atomic E-state index is 9.14. The number of nitrogens with zero attached hydrogens (tertiary/aromatic N) is 1. The molecule has 1 heterocycles. The third kappa shape index (κ3) is 4.78.